The lowest BCUT2D eigenvalue weighted by atomic mass is 10.3. The van der Waals surface area contributed by atoms with Gasteiger partial charge < -0.3 is 14.0 Å². The Hall–Kier alpha value is -2.27. The molecule has 3 aromatic rings. The molecular weight excluding hydrogens is 402 g/mol. The Balaban J connectivity index is 1.37. The van der Waals surface area contributed by atoms with Gasteiger partial charge in [0, 0.05) is 13.1 Å². The molecule has 0 saturated carbocycles. The van der Waals surface area contributed by atoms with E-state index in [4.69, 9.17) is 14.0 Å². The fourth-order valence-electron chi connectivity index (χ4n) is 2.81. The van der Waals surface area contributed by atoms with Crippen LogP contribution < -0.4 is 4.74 Å². The highest BCUT2D eigenvalue weighted by atomic mass is 32.2. The van der Waals surface area contributed by atoms with Gasteiger partial charge in [-0.2, -0.15) is 9.29 Å². The molecule has 148 valence electrons. The fraction of sp³-hybridized carbons (Fsp3) is 0.333. The third-order valence-electron chi connectivity index (χ3n) is 4.23. The van der Waals surface area contributed by atoms with Crippen LogP contribution in [0.1, 0.15) is 12.0 Å². The quantitative estimate of drug-likeness (QED) is 0.579. The van der Waals surface area contributed by atoms with Crippen molar-refractivity contribution in [3.8, 4) is 16.5 Å². The molecule has 1 aromatic carbocycles. The zero-order valence-electron chi connectivity index (χ0n) is 14.9. The van der Waals surface area contributed by atoms with Crippen molar-refractivity contribution in [1.29, 1.82) is 0 Å². The van der Waals surface area contributed by atoms with E-state index < -0.39 is 16.1 Å². The second-order valence-electron chi connectivity index (χ2n) is 6.13. The van der Waals surface area contributed by atoms with Crippen molar-refractivity contribution in [1.82, 2.24) is 14.4 Å². The Morgan fingerprint density at radius 3 is 2.86 bits per heavy atom. The first kappa shape index (κ1) is 19.1. The number of morpholine rings is 1. The first-order chi connectivity index (χ1) is 13.6. The zero-order chi connectivity index (χ0) is 19.4. The molecule has 1 aliphatic rings. The summed E-state index contributed by atoms with van der Waals surface area (Å²) >= 11 is 1.50. The van der Waals surface area contributed by atoms with Crippen LogP contribution in [0.25, 0.3) is 10.7 Å². The molecule has 10 heteroatoms. The Morgan fingerprint density at radius 2 is 2.07 bits per heavy atom. The highest BCUT2D eigenvalue weighted by Crippen LogP contribution is 2.27. The largest absolute Gasteiger partial charge is 0.492 e. The molecule has 0 aliphatic carbocycles. The van der Waals surface area contributed by atoms with Gasteiger partial charge in [0.15, 0.2) is 6.10 Å². The number of sulfonamides is 1. The SMILES string of the molecule is O=S(=O)(CCOc1ccccc1)N1CCO[C@H](c2nc(-c3cccs3)no2)C1. The van der Waals surface area contributed by atoms with E-state index in [0.717, 1.165) is 4.88 Å². The molecular formula is C18H19N3O5S2. The van der Waals surface area contributed by atoms with Crippen LogP contribution in [-0.2, 0) is 14.8 Å². The maximum absolute atomic E-state index is 12.7. The molecule has 4 rings (SSSR count). The summed E-state index contributed by atoms with van der Waals surface area (Å²) in [6.45, 7) is 0.771. The van der Waals surface area contributed by atoms with Crippen molar-refractivity contribution >= 4 is 21.4 Å². The third kappa shape index (κ3) is 4.41. The smallest absolute Gasteiger partial charge is 0.257 e. The van der Waals surface area contributed by atoms with E-state index in [0.29, 0.717) is 11.6 Å². The van der Waals surface area contributed by atoms with Crippen LogP contribution in [0.5, 0.6) is 5.75 Å². The summed E-state index contributed by atoms with van der Waals surface area (Å²) in [5.74, 6) is 1.29. The molecule has 0 bridgehead atoms. The van der Waals surface area contributed by atoms with Crippen LogP contribution in [0, 0.1) is 0 Å². The molecule has 0 spiro atoms. The first-order valence-electron chi connectivity index (χ1n) is 8.76. The lowest BCUT2D eigenvalue weighted by molar-refractivity contribution is -0.0200. The number of benzene rings is 1. The molecule has 8 nitrogen and oxygen atoms in total. The van der Waals surface area contributed by atoms with Crippen molar-refractivity contribution in [2.45, 2.75) is 6.10 Å². The normalized spacial score (nSPS) is 18.2. The summed E-state index contributed by atoms with van der Waals surface area (Å²) in [5, 5.41) is 5.89. The van der Waals surface area contributed by atoms with Crippen LogP contribution in [0.4, 0.5) is 0 Å². The average molecular weight is 422 g/mol. The number of ether oxygens (including phenoxy) is 2. The van der Waals surface area contributed by atoms with E-state index in [1.54, 1.807) is 12.1 Å². The highest BCUT2D eigenvalue weighted by Gasteiger charge is 2.33. The van der Waals surface area contributed by atoms with Gasteiger partial charge in [0.2, 0.25) is 15.8 Å². The van der Waals surface area contributed by atoms with Crippen LogP contribution in [0.3, 0.4) is 0 Å². The maximum Gasteiger partial charge on any atom is 0.257 e. The predicted octanol–water partition coefficient (Wildman–Crippen LogP) is 2.58. The van der Waals surface area contributed by atoms with Gasteiger partial charge in [-0.15, -0.1) is 11.3 Å². The van der Waals surface area contributed by atoms with Crippen LogP contribution in [0.15, 0.2) is 52.4 Å². The van der Waals surface area contributed by atoms with Crippen LogP contribution in [-0.4, -0.2) is 54.9 Å². The summed E-state index contributed by atoms with van der Waals surface area (Å²) in [7, 11) is -3.49. The zero-order valence-corrected chi connectivity index (χ0v) is 16.6. The highest BCUT2D eigenvalue weighted by molar-refractivity contribution is 7.89. The summed E-state index contributed by atoms with van der Waals surface area (Å²) in [5.41, 5.74) is 0. The van der Waals surface area contributed by atoms with Gasteiger partial charge in [0.1, 0.15) is 12.4 Å². The molecule has 0 amide bonds. The molecule has 1 aliphatic heterocycles. The summed E-state index contributed by atoms with van der Waals surface area (Å²) in [6, 6.07) is 12.9. The van der Waals surface area contributed by atoms with E-state index in [1.807, 2.05) is 35.7 Å². The number of aromatic nitrogens is 2. The maximum atomic E-state index is 12.7. The monoisotopic (exact) mass is 421 g/mol. The van der Waals surface area contributed by atoms with Crippen molar-refractivity contribution < 1.29 is 22.4 Å². The molecule has 2 aromatic heterocycles. The van der Waals surface area contributed by atoms with Gasteiger partial charge in [0.05, 0.1) is 17.2 Å². The lowest BCUT2D eigenvalue weighted by Crippen LogP contribution is -2.44. The Kier molecular flexibility index (Phi) is 5.72. The van der Waals surface area contributed by atoms with Gasteiger partial charge in [-0.1, -0.05) is 29.4 Å². The topological polar surface area (TPSA) is 94.8 Å². The Labute approximate surface area is 166 Å². The number of thiophene rings is 1. The van der Waals surface area contributed by atoms with E-state index >= 15 is 0 Å². The van der Waals surface area contributed by atoms with Crippen molar-refractivity contribution in [2.24, 2.45) is 0 Å². The Bertz CT molecular complexity index is 989. The summed E-state index contributed by atoms with van der Waals surface area (Å²) in [4.78, 5) is 5.24. The van der Waals surface area contributed by atoms with E-state index in [9.17, 15) is 8.42 Å². The second-order valence-corrected chi connectivity index (χ2v) is 9.16. The summed E-state index contributed by atoms with van der Waals surface area (Å²) in [6.07, 6.45) is -0.584. The lowest BCUT2D eigenvalue weighted by Gasteiger charge is -2.30. The first-order valence-corrected chi connectivity index (χ1v) is 11.3. The third-order valence-corrected chi connectivity index (χ3v) is 6.90. The molecule has 1 fully saturated rings. The molecule has 0 N–H and O–H groups in total. The van der Waals surface area contributed by atoms with E-state index in [1.165, 1.54) is 15.6 Å². The molecule has 0 unspecified atom stereocenters. The number of hydrogen-bond donors (Lipinski definition) is 0. The van der Waals surface area contributed by atoms with Gasteiger partial charge >= 0.3 is 0 Å². The van der Waals surface area contributed by atoms with Gasteiger partial charge in [-0.3, -0.25) is 0 Å². The van der Waals surface area contributed by atoms with Gasteiger partial charge in [-0.25, -0.2) is 8.42 Å². The Morgan fingerprint density at radius 1 is 1.21 bits per heavy atom. The van der Waals surface area contributed by atoms with Gasteiger partial charge in [-0.05, 0) is 23.6 Å². The molecule has 1 atom stereocenters. The number of nitrogens with zero attached hydrogens (tertiary/aromatic N) is 3. The standard InChI is InChI=1S/C18H19N3O5S2/c22-28(23,12-10-24-14-5-2-1-3-6-14)21-8-9-25-15(13-21)18-19-17(20-26-18)16-7-4-11-27-16/h1-7,11,15H,8-10,12-13H2/t15-/m0/s1. The minimum atomic E-state index is -3.49. The van der Waals surface area contributed by atoms with Crippen molar-refractivity contribution in [3.63, 3.8) is 0 Å². The van der Waals surface area contributed by atoms with Gasteiger partial charge in [0.25, 0.3) is 5.89 Å². The predicted molar refractivity (Wildman–Crippen MR) is 104 cm³/mol. The molecule has 3 heterocycles. The van der Waals surface area contributed by atoms with Crippen LogP contribution >= 0.6 is 11.3 Å². The number of hydrogen-bond acceptors (Lipinski definition) is 8. The number of para-hydroxylation sites is 1. The number of rotatable bonds is 7. The van der Waals surface area contributed by atoms with E-state index in [2.05, 4.69) is 10.1 Å². The second kappa shape index (κ2) is 8.39. The fourth-order valence-corrected chi connectivity index (χ4v) is 4.73. The van der Waals surface area contributed by atoms with Crippen LogP contribution in [0.2, 0.25) is 0 Å². The molecule has 28 heavy (non-hydrogen) atoms. The molecule has 0 radical (unpaired) electrons. The minimum absolute atomic E-state index is 0.0808. The minimum Gasteiger partial charge on any atom is -0.492 e. The van der Waals surface area contributed by atoms with E-state index in [-0.39, 0.29) is 37.9 Å². The van der Waals surface area contributed by atoms with Crippen molar-refractivity contribution in [2.75, 3.05) is 32.1 Å². The summed E-state index contributed by atoms with van der Waals surface area (Å²) < 4.78 is 43.2. The molecule has 1 saturated heterocycles. The average Bonchev–Trinajstić information content (AvgIpc) is 3.41. The van der Waals surface area contributed by atoms with Crippen molar-refractivity contribution in [3.05, 3.63) is 53.7 Å².